The molecule has 0 saturated heterocycles. The van der Waals surface area contributed by atoms with Crippen LogP contribution in [0.4, 0.5) is 0 Å². The Hall–Kier alpha value is -3.32. The molecular formula is C22H22N2O5. The topological polar surface area (TPSA) is 80.9 Å². The van der Waals surface area contributed by atoms with Gasteiger partial charge in [-0.25, -0.2) is 0 Å². The highest BCUT2D eigenvalue weighted by atomic mass is 16.7. The summed E-state index contributed by atoms with van der Waals surface area (Å²) in [6, 6.07) is 12.3. The molecule has 2 heterocycles. The Bertz CT molecular complexity index is 1120. The number of pyridine rings is 1. The second-order valence-electron chi connectivity index (χ2n) is 6.98. The number of nitrogens with one attached hydrogen (secondary N) is 1. The molecule has 7 nitrogen and oxygen atoms in total. The highest BCUT2D eigenvalue weighted by Crippen LogP contribution is 2.33. The van der Waals surface area contributed by atoms with Crippen LogP contribution < -0.4 is 14.9 Å². The van der Waals surface area contributed by atoms with Gasteiger partial charge in [0.25, 0.3) is 5.91 Å². The zero-order valence-electron chi connectivity index (χ0n) is 16.4. The second-order valence-corrected chi connectivity index (χ2v) is 6.98. The molecule has 150 valence electrons. The van der Waals surface area contributed by atoms with Gasteiger partial charge in [-0.2, -0.15) is 0 Å². The number of aromatic nitrogens is 1. The van der Waals surface area contributed by atoms with Gasteiger partial charge < -0.3 is 24.1 Å². The van der Waals surface area contributed by atoms with Crippen molar-refractivity contribution in [2.24, 2.45) is 0 Å². The minimum atomic E-state index is -0.165. The van der Waals surface area contributed by atoms with E-state index in [9.17, 15) is 9.59 Å². The van der Waals surface area contributed by atoms with E-state index in [4.69, 9.17) is 14.2 Å². The SMILES string of the molecule is COCCN(Cc1ccc2c(c1)OCO2)C(=O)c1ccc2[nH]c(C)cc(=O)c2c1. The standard InChI is InChI=1S/C22H22N2O5/c1-14-9-19(25)17-11-16(4-5-18(17)23-14)22(26)24(7-8-27-2)12-15-3-6-20-21(10-15)29-13-28-20/h3-6,9-11H,7-8,12-13H2,1-2H3,(H,23,25). The number of rotatable bonds is 6. The first kappa shape index (κ1) is 19.0. The van der Waals surface area contributed by atoms with Crippen molar-refractivity contribution in [2.75, 3.05) is 27.1 Å². The number of methoxy groups -OCH3 is 1. The summed E-state index contributed by atoms with van der Waals surface area (Å²) in [5, 5.41) is 0.497. The second kappa shape index (κ2) is 7.97. The largest absolute Gasteiger partial charge is 0.454 e. The van der Waals surface area contributed by atoms with Crippen LogP contribution in [0.3, 0.4) is 0 Å². The quantitative estimate of drug-likeness (QED) is 0.695. The zero-order valence-corrected chi connectivity index (χ0v) is 16.4. The van der Waals surface area contributed by atoms with Crippen LogP contribution >= 0.6 is 0 Å². The van der Waals surface area contributed by atoms with E-state index in [0.29, 0.717) is 47.7 Å². The third-order valence-corrected chi connectivity index (χ3v) is 4.87. The molecular weight excluding hydrogens is 372 g/mol. The van der Waals surface area contributed by atoms with Crippen LogP contribution in [0.2, 0.25) is 0 Å². The molecule has 1 aliphatic heterocycles. The molecule has 3 aromatic rings. The Kier molecular flexibility index (Phi) is 5.22. The Morgan fingerprint density at radius 1 is 1.14 bits per heavy atom. The molecule has 0 atom stereocenters. The van der Waals surface area contributed by atoms with Crippen LogP contribution in [0, 0.1) is 6.92 Å². The number of H-pyrrole nitrogens is 1. The molecule has 0 fully saturated rings. The minimum Gasteiger partial charge on any atom is -0.454 e. The highest BCUT2D eigenvalue weighted by Gasteiger charge is 2.19. The lowest BCUT2D eigenvalue weighted by Gasteiger charge is -2.23. The Balaban J connectivity index is 1.63. The third-order valence-electron chi connectivity index (χ3n) is 4.87. The van der Waals surface area contributed by atoms with Crippen molar-refractivity contribution in [2.45, 2.75) is 13.5 Å². The molecule has 1 aromatic heterocycles. The lowest BCUT2D eigenvalue weighted by molar-refractivity contribution is 0.0680. The van der Waals surface area contributed by atoms with Crippen LogP contribution in [0.5, 0.6) is 11.5 Å². The number of nitrogens with zero attached hydrogens (tertiary/aromatic N) is 1. The van der Waals surface area contributed by atoms with Gasteiger partial charge in [0.15, 0.2) is 16.9 Å². The number of hydrogen-bond acceptors (Lipinski definition) is 5. The highest BCUT2D eigenvalue weighted by molar-refractivity contribution is 5.98. The summed E-state index contributed by atoms with van der Waals surface area (Å²) >= 11 is 0. The Labute approximate surface area is 167 Å². The number of hydrogen-bond donors (Lipinski definition) is 1. The zero-order chi connectivity index (χ0) is 20.4. The lowest BCUT2D eigenvalue weighted by Crippen LogP contribution is -2.33. The van der Waals surface area contributed by atoms with E-state index in [1.165, 1.54) is 6.07 Å². The van der Waals surface area contributed by atoms with Gasteiger partial charge >= 0.3 is 0 Å². The van der Waals surface area contributed by atoms with Gasteiger partial charge in [-0.05, 0) is 42.8 Å². The first-order valence-corrected chi connectivity index (χ1v) is 9.35. The molecule has 0 radical (unpaired) electrons. The molecule has 0 aliphatic carbocycles. The number of carbonyl (C=O) groups excluding carboxylic acids is 1. The molecule has 0 bridgehead atoms. The molecule has 0 spiro atoms. The first-order chi connectivity index (χ1) is 14.0. The number of benzene rings is 2. The maximum absolute atomic E-state index is 13.2. The molecule has 2 aromatic carbocycles. The summed E-state index contributed by atoms with van der Waals surface area (Å²) in [4.78, 5) is 30.4. The van der Waals surface area contributed by atoms with E-state index in [1.54, 1.807) is 30.2 Å². The van der Waals surface area contributed by atoms with Crippen molar-refractivity contribution in [3.8, 4) is 11.5 Å². The van der Waals surface area contributed by atoms with Crippen molar-refractivity contribution in [1.82, 2.24) is 9.88 Å². The number of carbonyl (C=O) groups is 1. The summed E-state index contributed by atoms with van der Waals surface area (Å²) in [6.07, 6.45) is 0. The van der Waals surface area contributed by atoms with Crippen LogP contribution in [0.15, 0.2) is 47.3 Å². The van der Waals surface area contributed by atoms with Crippen molar-refractivity contribution in [1.29, 1.82) is 0 Å². The summed E-state index contributed by atoms with van der Waals surface area (Å²) in [5.74, 6) is 1.21. The minimum absolute atomic E-state index is 0.106. The fourth-order valence-electron chi connectivity index (χ4n) is 3.41. The smallest absolute Gasteiger partial charge is 0.254 e. The van der Waals surface area contributed by atoms with Crippen LogP contribution in [-0.4, -0.2) is 42.8 Å². The Morgan fingerprint density at radius 3 is 2.79 bits per heavy atom. The number of aromatic amines is 1. The van der Waals surface area contributed by atoms with Crippen molar-refractivity contribution in [3.05, 3.63) is 69.5 Å². The molecule has 29 heavy (non-hydrogen) atoms. The van der Waals surface area contributed by atoms with Gasteiger partial charge in [0, 0.05) is 48.4 Å². The summed E-state index contributed by atoms with van der Waals surface area (Å²) in [5.41, 5.74) is 2.78. The number of aryl methyl sites for hydroxylation is 1. The molecule has 1 amide bonds. The van der Waals surface area contributed by atoms with E-state index < -0.39 is 0 Å². The lowest BCUT2D eigenvalue weighted by atomic mass is 10.1. The van der Waals surface area contributed by atoms with Gasteiger partial charge in [0.05, 0.1) is 6.61 Å². The van der Waals surface area contributed by atoms with E-state index in [2.05, 4.69) is 4.98 Å². The normalized spacial score (nSPS) is 12.3. The number of amides is 1. The first-order valence-electron chi connectivity index (χ1n) is 9.35. The average molecular weight is 394 g/mol. The van der Waals surface area contributed by atoms with E-state index in [0.717, 1.165) is 11.3 Å². The van der Waals surface area contributed by atoms with Crippen molar-refractivity contribution in [3.63, 3.8) is 0 Å². The molecule has 0 unspecified atom stereocenters. The molecule has 4 rings (SSSR count). The van der Waals surface area contributed by atoms with Crippen LogP contribution in [0.1, 0.15) is 21.6 Å². The van der Waals surface area contributed by atoms with E-state index >= 15 is 0 Å². The third kappa shape index (κ3) is 3.95. The predicted molar refractivity (Wildman–Crippen MR) is 108 cm³/mol. The number of fused-ring (bicyclic) bond motifs is 2. The van der Waals surface area contributed by atoms with Crippen molar-refractivity contribution >= 4 is 16.8 Å². The fourth-order valence-corrected chi connectivity index (χ4v) is 3.41. The monoisotopic (exact) mass is 394 g/mol. The maximum Gasteiger partial charge on any atom is 0.254 e. The summed E-state index contributed by atoms with van der Waals surface area (Å²) < 4.78 is 16.0. The van der Waals surface area contributed by atoms with Crippen molar-refractivity contribution < 1.29 is 19.0 Å². The summed E-state index contributed by atoms with van der Waals surface area (Å²) in [7, 11) is 1.60. The van der Waals surface area contributed by atoms with Gasteiger partial charge in [-0.3, -0.25) is 9.59 Å². The van der Waals surface area contributed by atoms with Crippen LogP contribution in [0.25, 0.3) is 10.9 Å². The molecule has 1 N–H and O–H groups in total. The average Bonchev–Trinajstić information content (AvgIpc) is 3.18. The molecule has 0 saturated carbocycles. The predicted octanol–water partition coefficient (Wildman–Crippen LogP) is 2.85. The maximum atomic E-state index is 13.2. The van der Waals surface area contributed by atoms with Gasteiger partial charge in [-0.15, -0.1) is 0 Å². The van der Waals surface area contributed by atoms with E-state index in [1.807, 2.05) is 25.1 Å². The Morgan fingerprint density at radius 2 is 1.97 bits per heavy atom. The molecule has 1 aliphatic rings. The van der Waals surface area contributed by atoms with Gasteiger partial charge in [-0.1, -0.05) is 6.07 Å². The number of ether oxygens (including phenoxy) is 3. The van der Waals surface area contributed by atoms with Gasteiger partial charge in [0.2, 0.25) is 6.79 Å². The molecule has 7 heteroatoms. The van der Waals surface area contributed by atoms with Gasteiger partial charge in [0.1, 0.15) is 0 Å². The summed E-state index contributed by atoms with van der Waals surface area (Å²) in [6.45, 7) is 3.25. The fraction of sp³-hybridized carbons (Fsp3) is 0.273. The van der Waals surface area contributed by atoms with Crippen LogP contribution in [-0.2, 0) is 11.3 Å². The van der Waals surface area contributed by atoms with E-state index in [-0.39, 0.29) is 18.1 Å².